The van der Waals surface area contributed by atoms with Crippen molar-refractivity contribution in [3.8, 4) is 0 Å². The Morgan fingerprint density at radius 3 is 1.30 bits per heavy atom. The first-order valence-electron chi connectivity index (χ1n) is 14.9. The lowest BCUT2D eigenvalue weighted by atomic mass is 9.90. The predicted molar refractivity (Wildman–Crippen MR) is 155 cm³/mol. The highest BCUT2D eigenvalue weighted by atomic mass is 16.5. The minimum Gasteiger partial charge on any atom is -0.464 e. The van der Waals surface area contributed by atoms with Crippen LogP contribution in [0.3, 0.4) is 0 Å². The third kappa shape index (κ3) is 11.0. The topological polar surface area (TPSA) is 117 Å². The number of carbonyl (C=O) groups excluding carboxylic acids is 4. The number of piperazine rings is 2. The van der Waals surface area contributed by atoms with Crippen molar-refractivity contribution in [3.63, 3.8) is 0 Å². The van der Waals surface area contributed by atoms with Crippen LogP contribution in [0.15, 0.2) is 0 Å². The third-order valence-corrected chi connectivity index (χ3v) is 7.38. The molecule has 2 aliphatic heterocycles. The van der Waals surface area contributed by atoms with Crippen LogP contribution in [-0.2, 0) is 28.7 Å². The quantitative estimate of drug-likeness (QED) is 0.229. The number of nitrogens with one attached hydrogen (secondary N) is 2. The van der Waals surface area contributed by atoms with E-state index in [0.29, 0.717) is 39.0 Å². The number of hydrogen-bond donors (Lipinski definition) is 2. The van der Waals surface area contributed by atoms with E-state index >= 15 is 0 Å². The van der Waals surface area contributed by atoms with Crippen LogP contribution in [0.4, 0.5) is 0 Å². The van der Waals surface area contributed by atoms with E-state index in [9.17, 15) is 19.2 Å². The van der Waals surface area contributed by atoms with Crippen LogP contribution >= 0.6 is 0 Å². The van der Waals surface area contributed by atoms with Gasteiger partial charge in [0.2, 0.25) is 11.8 Å². The highest BCUT2D eigenvalue weighted by Gasteiger charge is 2.44. The molecule has 230 valence electrons. The fraction of sp³-hybridized carbons (Fsp3) is 0.867. The molecule has 2 fully saturated rings. The Hall–Kier alpha value is -2.20. The number of amides is 2. The van der Waals surface area contributed by atoms with Crippen LogP contribution in [0.2, 0.25) is 0 Å². The molecule has 0 radical (unpaired) electrons. The summed E-state index contributed by atoms with van der Waals surface area (Å²) >= 11 is 0. The van der Waals surface area contributed by atoms with Gasteiger partial charge in [0.15, 0.2) is 0 Å². The van der Waals surface area contributed by atoms with E-state index in [1.54, 1.807) is 9.80 Å². The molecule has 0 aromatic rings. The molecule has 10 heteroatoms. The maximum atomic E-state index is 12.6. The van der Waals surface area contributed by atoms with Gasteiger partial charge in [0.25, 0.3) is 0 Å². The van der Waals surface area contributed by atoms with Crippen molar-refractivity contribution in [2.24, 2.45) is 0 Å². The van der Waals surface area contributed by atoms with Crippen molar-refractivity contribution in [3.05, 3.63) is 0 Å². The van der Waals surface area contributed by atoms with E-state index in [-0.39, 0.29) is 48.0 Å². The zero-order valence-corrected chi connectivity index (χ0v) is 26.2. The fourth-order valence-corrected chi connectivity index (χ4v) is 6.06. The largest absolute Gasteiger partial charge is 0.464 e. The number of carbonyl (C=O) groups is 4. The van der Waals surface area contributed by atoms with E-state index in [4.69, 9.17) is 9.47 Å². The van der Waals surface area contributed by atoms with Gasteiger partial charge in [0.1, 0.15) is 13.2 Å². The lowest BCUT2D eigenvalue weighted by Crippen LogP contribution is -2.69. The summed E-state index contributed by atoms with van der Waals surface area (Å²) in [7, 11) is 0. The summed E-state index contributed by atoms with van der Waals surface area (Å²) in [4.78, 5) is 52.9. The van der Waals surface area contributed by atoms with Crippen LogP contribution in [0.25, 0.3) is 0 Å². The lowest BCUT2D eigenvalue weighted by molar-refractivity contribution is -0.150. The second kappa shape index (κ2) is 14.1. The summed E-state index contributed by atoms with van der Waals surface area (Å²) in [6, 6.07) is 0. The second-order valence-corrected chi connectivity index (χ2v) is 13.8. The van der Waals surface area contributed by atoms with Crippen molar-refractivity contribution in [2.75, 3.05) is 39.4 Å². The van der Waals surface area contributed by atoms with E-state index in [1.165, 1.54) is 0 Å². The molecule has 0 saturated carbocycles. The van der Waals surface area contributed by atoms with Crippen molar-refractivity contribution >= 4 is 23.8 Å². The van der Waals surface area contributed by atoms with Gasteiger partial charge < -0.3 is 19.3 Å². The first-order valence-corrected chi connectivity index (χ1v) is 14.9. The molecular weight excluding hydrogens is 512 g/mol. The average molecular weight is 567 g/mol. The molecule has 0 unspecified atom stereocenters. The first-order chi connectivity index (χ1) is 18.4. The number of rotatable bonds is 15. The van der Waals surface area contributed by atoms with Gasteiger partial charge in [-0.2, -0.15) is 0 Å². The van der Waals surface area contributed by atoms with Gasteiger partial charge in [-0.1, -0.05) is 25.7 Å². The third-order valence-electron chi connectivity index (χ3n) is 7.38. The fourth-order valence-electron chi connectivity index (χ4n) is 6.06. The van der Waals surface area contributed by atoms with Gasteiger partial charge in [-0.05, 0) is 68.2 Å². The first kappa shape index (κ1) is 34.0. The normalized spacial score (nSPS) is 21.3. The smallest absolute Gasteiger partial charge is 0.305 e. The molecule has 40 heavy (non-hydrogen) atoms. The van der Waals surface area contributed by atoms with Gasteiger partial charge in [-0.25, -0.2) is 0 Å². The van der Waals surface area contributed by atoms with E-state index in [1.807, 2.05) is 27.7 Å². The summed E-state index contributed by atoms with van der Waals surface area (Å²) < 4.78 is 10.7. The highest BCUT2D eigenvalue weighted by molar-refractivity contribution is 5.87. The maximum Gasteiger partial charge on any atom is 0.305 e. The lowest BCUT2D eigenvalue weighted by Gasteiger charge is -2.47. The number of ether oxygens (including phenoxy) is 2. The SMILES string of the molecule is CC1(C)CN(CCOC(=O)CCCCCCCCC(=O)OCCN2CC(C)(C)NC(C)(C)C2=O)C(=O)C(C)(C)N1. The molecule has 10 nitrogen and oxygen atoms in total. The molecule has 0 spiro atoms. The molecule has 0 aromatic heterocycles. The second-order valence-electron chi connectivity index (χ2n) is 13.8. The Bertz CT molecular complexity index is 827. The zero-order valence-electron chi connectivity index (χ0n) is 26.2. The molecule has 0 aliphatic carbocycles. The van der Waals surface area contributed by atoms with Crippen LogP contribution < -0.4 is 10.6 Å². The maximum absolute atomic E-state index is 12.6. The monoisotopic (exact) mass is 566 g/mol. The minimum absolute atomic E-state index is 0.0242. The summed E-state index contributed by atoms with van der Waals surface area (Å²) in [6.07, 6.45) is 6.16. The van der Waals surface area contributed by atoms with Crippen LogP contribution in [0.5, 0.6) is 0 Å². The van der Waals surface area contributed by atoms with Crippen molar-refractivity contribution in [1.82, 2.24) is 20.4 Å². The number of nitrogens with zero attached hydrogens (tertiary/aromatic N) is 2. The standard InChI is InChI=1S/C30H54N4O6/c1-27(2)21-33(25(37)29(5,6)31-27)17-19-39-23(35)15-13-11-9-10-12-14-16-24(36)40-20-18-34-22-28(3,4)32-30(7,8)26(34)38/h31-32H,9-22H2,1-8H3. The molecule has 2 saturated heterocycles. The summed E-state index contributed by atoms with van der Waals surface area (Å²) in [5.41, 5.74) is -1.64. The van der Waals surface area contributed by atoms with E-state index in [0.717, 1.165) is 38.5 Å². The predicted octanol–water partition coefficient (Wildman–Crippen LogP) is 3.17. The zero-order chi connectivity index (χ0) is 30.2. The Balaban J connectivity index is 1.47. The Kier molecular flexibility index (Phi) is 12.0. The number of hydrogen-bond acceptors (Lipinski definition) is 8. The van der Waals surface area contributed by atoms with Crippen molar-refractivity contribution < 1.29 is 28.7 Å². The van der Waals surface area contributed by atoms with Crippen molar-refractivity contribution in [1.29, 1.82) is 0 Å². The number of unbranched alkanes of at least 4 members (excludes halogenated alkanes) is 5. The molecule has 2 N–H and O–H groups in total. The van der Waals surface area contributed by atoms with Gasteiger partial charge >= 0.3 is 11.9 Å². The molecule has 2 rings (SSSR count). The number of esters is 2. The van der Waals surface area contributed by atoms with Gasteiger partial charge in [0, 0.05) is 37.0 Å². The van der Waals surface area contributed by atoms with Crippen LogP contribution in [0.1, 0.15) is 107 Å². The molecule has 2 amide bonds. The van der Waals surface area contributed by atoms with Crippen molar-refractivity contribution in [2.45, 2.75) is 129 Å². The molecule has 2 heterocycles. The summed E-state index contributed by atoms with van der Waals surface area (Å²) in [5, 5.41) is 6.72. The Labute approximate surface area is 241 Å². The Morgan fingerprint density at radius 2 is 0.950 bits per heavy atom. The van der Waals surface area contributed by atoms with Gasteiger partial charge in [-0.15, -0.1) is 0 Å². The highest BCUT2D eigenvalue weighted by Crippen LogP contribution is 2.23. The van der Waals surface area contributed by atoms with Crippen LogP contribution in [-0.4, -0.2) is 95.1 Å². The molecule has 0 atom stereocenters. The minimum atomic E-state index is -0.631. The van der Waals surface area contributed by atoms with E-state index < -0.39 is 11.1 Å². The molecule has 0 bridgehead atoms. The summed E-state index contributed by atoms with van der Waals surface area (Å²) in [5.74, 6) is -0.399. The van der Waals surface area contributed by atoms with Gasteiger partial charge in [0.05, 0.1) is 24.2 Å². The molecule has 0 aromatic carbocycles. The van der Waals surface area contributed by atoms with Gasteiger partial charge in [-0.3, -0.25) is 29.8 Å². The van der Waals surface area contributed by atoms with E-state index in [2.05, 4.69) is 38.3 Å². The Morgan fingerprint density at radius 1 is 0.625 bits per heavy atom. The average Bonchev–Trinajstić information content (AvgIpc) is 2.80. The summed E-state index contributed by atoms with van der Waals surface area (Å²) in [6.45, 7) is 18.2. The molecular formula is C30H54N4O6. The molecule has 2 aliphatic rings. The van der Waals surface area contributed by atoms with Crippen LogP contribution in [0, 0.1) is 0 Å².